The minimum atomic E-state index is -0.0830. The molecule has 1 fully saturated rings. The molecule has 1 aliphatic rings. The molecule has 0 aliphatic carbocycles. The van der Waals surface area contributed by atoms with Crippen LogP contribution in [0.2, 0.25) is 0 Å². The molecule has 0 atom stereocenters. The summed E-state index contributed by atoms with van der Waals surface area (Å²) in [6, 6.07) is 22.7. The lowest BCUT2D eigenvalue weighted by molar-refractivity contribution is -0.114. The molecule has 7 nitrogen and oxygen atoms in total. The summed E-state index contributed by atoms with van der Waals surface area (Å²) in [5.41, 5.74) is 12.3. The van der Waals surface area contributed by atoms with Gasteiger partial charge in [-0.1, -0.05) is 35.9 Å². The molecule has 172 valence electrons. The van der Waals surface area contributed by atoms with Crippen LogP contribution < -0.4 is 20.9 Å². The highest BCUT2D eigenvalue weighted by Gasteiger charge is 2.21. The molecule has 5 rings (SSSR count). The molecule has 3 aromatic carbocycles. The Hall–Kier alpha value is -4.13. The highest BCUT2D eigenvalue weighted by molar-refractivity contribution is 5.94. The minimum Gasteiger partial charge on any atom is -0.368 e. The molecule has 34 heavy (non-hydrogen) atoms. The first-order chi connectivity index (χ1) is 16.5. The number of aromatic nitrogens is 2. The number of hydrogen-bond donors (Lipinski definition) is 2. The molecule has 2 heterocycles. The van der Waals surface area contributed by atoms with E-state index < -0.39 is 0 Å². The smallest absolute Gasteiger partial charge is 0.222 e. The fourth-order valence-corrected chi connectivity index (χ4v) is 4.43. The third-order valence-electron chi connectivity index (χ3n) is 6.21. The van der Waals surface area contributed by atoms with Crippen molar-refractivity contribution in [2.75, 3.05) is 47.0 Å². The van der Waals surface area contributed by atoms with Crippen molar-refractivity contribution in [1.29, 1.82) is 0 Å². The summed E-state index contributed by atoms with van der Waals surface area (Å²) in [6.07, 6.45) is 0. The Balaban J connectivity index is 1.42. The molecule has 0 saturated carbocycles. The Bertz CT molecular complexity index is 1330. The summed E-state index contributed by atoms with van der Waals surface area (Å²) >= 11 is 0. The first kappa shape index (κ1) is 21.7. The van der Waals surface area contributed by atoms with Crippen molar-refractivity contribution in [3.05, 3.63) is 72.3 Å². The molecule has 7 heteroatoms. The largest absolute Gasteiger partial charge is 0.368 e. The molecule has 3 N–H and O–H groups in total. The van der Waals surface area contributed by atoms with E-state index in [1.165, 1.54) is 18.2 Å². The Labute approximate surface area is 199 Å². The number of nitrogens with one attached hydrogen (secondary N) is 1. The summed E-state index contributed by atoms with van der Waals surface area (Å²) in [6.45, 7) is 7.16. The van der Waals surface area contributed by atoms with Crippen LogP contribution in [-0.4, -0.2) is 42.1 Å². The lowest BCUT2D eigenvalue weighted by Crippen LogP contribution is -2.47. The van der Waals surface area contributed by atoms with E-state index in [-0.39, 0.29) is 11.9 Å². The highest BCUT2D eigenvalue weighted by Crippen LogP contribution is 2.31. The summed E-state index contributed by atoms with van der Waals surface area (Å²) in [5.74, 6) is 1.08. The SMILES string of the molecule is CC(=O)Nc1ccc(-c2ccc3nc(N)nc(N4CCN(c5ccc(C)cc5)CC4)c3c2)cc1. The summed E-state index contributed by atoms with van der Waals surface area (Å²) in [4.78, 5) is 25.1. The number of nitrogen functional groups attached to an aromatic ring is 1. The molecule has 4 aromatic rings. The van der Waals surface area contributed by atoms with Crippen LogP contribution in [0.1, 0.15) is 12.5 Å². The average Bonchev–Trinajstić information content (AvgIpc) is 2.84. The second kappa shape index (κ2) is 9.02. The lowest BCUT2D eigenvalue weighted by atomic mass is 10.0. The van der Waals surface area contributed by atoms with E-state index in [2.05, 4.69) is 62.3 Å². The van der Waals surface area contributed by atoms with Gasteiger partial charge in [0.15, 0.2) is 0 Å². The number of rotatable bonds is 4. The van der Waals surface area contributed by atoms with Crippen LogP contribution >= 0.6 is 0 Å². The van der Waals surface area contributed by atoms with Gasteiger partial charge in [-0.15, -0.1) is 0 Å². The van der Waals surface area contributed by atoms with Gasteiger partial charge in [-0.3, -0.25) is 4.79 Å². The second-order valence-corrected chi connectivity index (χ2v) is 8.71. The predicted octanol–water partition coefficient (Wildman–Crippen LogP) is 4.47. The first-order valence-corrected chi connectivity index (χ1v) is 11.5. The van der Waals surface area contributed by atoms with Crippen molar-refractivity contribution < 1.29 is 4.79 Å². The molecular formula is C27H28N6O. The van der Waals surface area contributed by atoms with Gasteiger partial charge in [0.25, 0.3) is 0 Å². The minimum absolute atomic E-state index is 0.0830. The van der Waals surface area contributed by atoms with E-state index >= 15 is 0 Å². The van der Waals surface area contributed by atoms with E-state index in [0.29, 0.717) is 0 Å². The number of benzene rings is 3. The van der Waals surface area contributed by atoms with Crippen molar-refractivity contribution in [2.45, 2.75) is 13.8 Å². The fraction of sp³-hybridized carbons (Fsp3) is 0.222. The Morgan fingerprint density at radius 3 is 2.18 bits per heavy atom. The Morgan fingerprint density at radius 1 is 0.853 bits per heavy atom. The maximum Gasteiger partial charge on any atom is 0.222 e. The van der Waals surface area contributed by atoms with Gasteiger partial charge >= 0.3 is 0 Å². The zero-order valence-corrected chi connectivity index (χ0v) is 19.5. The molecular weight excluding hydrogens is 424 g/mol. The number of nitrogens with two attached hydrogens (primary N) is 1. The molecule has 1 saturated heterocycles. The van der Waals surface area contributed by atoms with Crippen molar-refractivity contribution >= 4 is 40.0 Å². The van der Waals surface area contributed by atoms with Crippen LogP contribution in [0.4, 0.5) is 23.1 Å². The third-order valence-corrected chi connectivity index (χ3v) is 6.21. The first-order valence-electron chi connectivity index (χ1n) is 11.5. The Kier molecular flexibility index (Phi) is 5.76. The highest BCUT2D eigenvalue weighted by atomic mass is 16.1. The lowest BCUT2D eigenvalue weighted by Gasteiger charge is -2.37. The van der Waals surface area contributed by atoms with Crippen LogP contribution in [0.5, 0.6) is 0 Å². The summed E-state index contributed by atoms with van der Waals surface area (Å²) < 4.78 is 0. The van der Waals surface area contributed by atoms with Crippen molar-refractivity contribution in [2.24, 2.45) is 0 Å². The maximum absolute atomic E-state index is 11.3. The molecule has 1 aromatic heterocycles. The summed E-state index contributed by atoms with van der Waals surface area (Å²) in [7, 11) is 0. The number of aryl methyl sites for hydroxylation is 1. The Morgan fingerprint density at radius 2 is 1.50 bits per heavy atom. The molecule has 0 spiro atoms. The number of amides is 1. The van der Waals surface area contributed by atoms with Gasteiger partial charge in [0.05, 0.1) is 5.52 Å². The molecule has 1 amide bonds. The van der Waals surface area contributed by atoms with Gasteiger partial charge < -0.3 is 20.9 Å². The number of hydrogen-bond acceptors (Lipinski definition) is 6. The summed E-state index contributed by atoms with van der Waals surface area (Å²) in [5, 5.41) is 3.79. The van der Waals surface area contributed by atoms with E-state index in [0.717, 1.165) is 59.7 Å². The van der Waals surface area contributed by atoms with E-state index in [4.69, 9.17) is 5.73 Å². The maximum atomic E-state index is 11.3. The zero-order valence-electron chi connectivity index (χ0n) is 19.5. The van der Waals surface area contributed by atoms with E-state index in [1.807, 2.05) is 36.4 Å². The number of fused-ring (bicyclic) bond motifs is 1. The van der Waals surface area contributed by atoms with E-state index in [9.17, 15) is 4.79 Å². The van der Waals surface area contributed by atoms with Gasteiger partial charge in [0, 0.05) is 49.9 Å². The monoisotopic (exact) mass is 452 g/mol. The zero-order chi connectivity index (χ0) is 23.7. The molecule has 1 aliphatic heterocycles. The number of nitrogens with zero attached hydrogens (tertiary/aromatic N) is 4. The number of carbonyl (C=O) groups excluding carboxylic acids is 1. The van der Waals surface area contributed by atoms with E-state index in [1.54, 1.807) is 0 Å². The molecule has 0 bridgehead atoms. The van der Waals surface area contributed by atoms with Crippen LogP contribution in [-0.2, 0) is 4.79 Å². The number of carbonyl (C=O) groups is 1. The van der Waals surface area contributed by atoms with Crippen LogP contribution in [0.25, 0.3) is 22.0 Å². The van der Waals surface area contributed by atoms with Gasteiger partial charge in [-0.25, -0.2) is 4.98 Å². The van der Waals surface area contributed by atoms with Gasteiger partial charge in [-0.2, -0.15) is 4.98 Å². The molecule has 0 unspecified atom stereocenters. The normalized spacial score (nSPS) is 13.8. The molecule has 0 radical (unpaired) electrons. The predicted molar refractivity (Wildman–Crippen MR) is 139 cm³/mol. The topological polar surface area (TPSA) is 87.4 Å². The number of piperazine rings is 1. The van der Waals surface area contributed by atoms with Crippen molar-refractivity contribution in [3.8, 4) is 11.1 Å². The quantitative estimate of drug-likeness (QED) is 0.475. The van der Waals surface area contributed by atoms with Gasteiger partial charge in [-0.05, 0) is 54.4 Å². The van der Waals surface area contributed by atoms with Crippen LogP contribution in [0.15, 0.2) is 66.7 Å². The van der Waals surface area contributed by atoms with Crippen molar-refractivity contribution in [1.82, 2.24) is 9.97 Å². The van der Waals surface area contributed by atoms with Gasteiger partial charge in [0.2, 0.25) is 11.9 Å². The average molecular weight is 453 g/mol. The van der Waals surface area contributed by atoms with Crippen molar-refractivity contribution in [3.63, 3.8) is 0 Å². The third kappa shape index (κ3) is 4.50. The van der Waals surface area contributed by atoms with Crippen LogP contribution in [0.3, 0.4) is 0 Å². The standard InChI is InChI=1S/C27H28N6O/c1-18-3-10-23(11-4-18)32-13-15-33(16-14-32)26-24-17-21(7-12-25(24)30-27(28)31-26)20-5-8-22(9-6-20)29-19(2)34/h3-12,17H,13-16H2,1-2H3,(H,29,34)(H2,28,30,31). The second-order valence-electron chi connectivity index (χ2n) is 8.71. The fourth-order valence-electron chi connectivity index (χ4n) is 4.43. The number of anilines is 4. The van der Waals surface area contributed by atoms with Gasteiger partial charge in [0.1, 0.15) is 5.82 Å². The van der Waals surface area contributed by atoms with Crippen LogP contribution in [0, 0.1) is 6.92 Å².